The van der Waals surface area contributed by atoms with E-state index in [1.165, 1.54) is 0 Å². The van der Waals surface area contributed by atoms with Crippen LogP contribution in [0.2, 0.25) is 0 Å². The monoisotopic (exact) mass is 243 g/mol. The average Bonchev–Trinajstić information content (AvgIpc) is 2.84. The number of para-hydroxylation sites is 1. The van der Waals surface area contributed by atoms with Crippen LogP contribution < -0.4 is 0 Å². The molecule has 2 heterocycles. The van der Waals surface area contributed by atoms with Crippen molar-refractivity contribution in [3.05, 3.63) is 36.2 Å². The molecule has 0 aliphatic carbocycles. The van der Waals surface area contributed by atoms with Crippen molar-refractivity contribution < 1.29 is 9.90 Å². The van der Waals surface area contributed by atoms with Gasteiger partial charge in [0.1, 0.15) is 5.52 Å². The summed E-state index contributed by atoms with van der Waals surface area (Å²) in [4.78, 5) is 22.4. The summed E-state index contributed by atoms with van der Waals surface area (Å²) in [5.41, 5.74) is 1.88. The first kappa shape index (κ1) is 11.1. The predicted molar refractivity (Wildman–Crippen MR) is 66.1 cm³/mol. The van der Waals surface area contributed by atoms with Crippen LogP contribution in [0.4, 0.5) is 0 Å². The molecule has 3 rings (SSSR count). The number of benzene rings is 1. The Morgan fingerprint density at radius 2 is 2.17 bits per heavy atom. The predicted octanol–water partition coefficient (Wildman–Crippen LogP) is 0.837. The maximum Gasteiger partial charge on any atom is 0.256 e. The minimum absolute atomic E-state index is 0.0855. The lowest BCUT2D eigenvalue weighted by Crippen LogP contribution is -2.29. The molecule has 1 amide bonds. The number of fused-ring (bicyclic) bond motifs is 1. The highest BCUT2D eigenvalue weighted by Crippen LogP contribution is 2.18. The first-order valence-electron chi connectivity index (χ1n) is 5.93. The summed E-state index contributed by atoms with van der Waals surface area (Å²) < 4.78 is 0. The van der Waals surface area contributed by atoms with Crippen molar-refractivity contribution in [1.82, 2.24) is 14.9 Å². The second-order valence-corrected chi connectivity index (χ2v) is 4.42. The molecule has 1 aromatic heterocycles. The molecule has 1 aromatic carbocycles. The number of carbonyl (C=O) groups excluding carboxylic acids is 1. The largest absolute Gasteiger partial charge is 0.391 e. The summed E-state index contributed by atoms with van der Waals surface area (Å²) >= 11 is 0. The number of aliphatic hydroxyl groups excluding tert-OH is 1. The summed E-state index contributed by atoms with van der Waals surface area (Å²) in [6.45, 7) is 0.992. The van der Waals surface area contributed by atoms with E-state index in [1.54, 1.807) is 29.4 Å². The van der Waals surface area contributed by atoms with Crippen molar-refractivity contribution in [3.8, 4) is 0 Å². The van der Waals surface area contributed by atoms with E-state index in [-0.39, 0.29) is 5.91 Å². The highest BCUT2D eigenvalue weighted by atomic mass is 16.3. The van der Waals surface area contributed by atoms with Gasteiger partial charge in [-0.15, -0.1) is 0 Å². The molecule has 18 heavy (non-hydrogen) atoms. The van der Waals surface area contributed by atoms with E-state index in [0.717, 1.165) is 0 Å². The molecule has 1 aliphatic heterocycles. The topological polar surface area (TPSA) is 66.3 Å². The number of aliphatic hydroxyl groups is 1. The van der Waals surface area contributed by atoms with Gasteiger partial charge in [0.15, 0.2) is 0 Å². The van der Waals surface area contributed by atoms with E-state index in [9.17, 15) is 9.90 Å². The summed E-state index contributed by atoms with van der Waals surface area (Å²) in [5, 5.41) is 9.49. The minimum Gasteiger partial charge on any atom is -0.391 e. The minimum atomic E-state index is -0.407. The Morgan fingerprint density at radius 1 is 1.33 bits per heavy atom. The molecule has 5 heteroatoms. The van der Waals surface area contributed by atoms with Gasteiger partial charge in [0.05, 0.1) is 17.2 Å². The van der Waals surface area contributed by atoms with Crippen LogP contribution in [-0.4, -0.2) is 45.1 Å². The Labute approximate surface area is 104 Å². The van der Waals surface area contributed by atoms with Crippen LogP contribution in [0.15, 0.2) is 30.6 Å². The number of nitrogens with zero attached hydrogens (tertiary/aromatic N) is 3. The molecule has 0 unspecified atom stereocenters. The molecule has 1 aliphatic rings. The highest BCUT2D eigenvalue weighted by molar-refractivity contribution is 6.04. The Kier molecular flexibility index (Phi) is 2.68. The third kappa shape index (κ3) is 1.82. The Hall–Kier alpha value is -2.01. The van der Waals surface area contributed by atoms with E-state index in [4.69, 9.17) is 0 Å². The van der Waals surface area contributed by atoms with E-state index < -0.39 is 6.10 Å². The average molecular weight is 243 g/mol. The summed E-state index contributed by atoms with van der Waals surface area (Å²) in [6, 6.07) is 5.39. The zero-order valence-electron chi connectivity index (χ0n) is 9.78. The van der Waals surface area contributed by atoms with Gasteiger partial charge in [0.2, 0.25) is 0 Å². The van der Waals surface area contributed by atoms with Crippen molar-refractivity contribution in [2.45, 2.75) is 12.5 Å². The van der Waals surface area contributed by atoms with Crippen LogP contribution in [0.3, 0.4) is 0 Å². The third-order valence-corrected chi connectivity index (χ3v) is 3.18. The first-order valence-corrected chi connectivity index (χ1v) is 5.93. The van der Waals surface area contributed by atoms with E-state index in [2.05, 4.69) is 9.97 Å². The summed E-state index contributed by atoms with van der Waals surface area (Å²) in [5.74, 6) is -0.0855. The third-order valence-electron chi connectivity index (χ3n) is 3.18. The fourth-order valence-electron chi connectivity index (χ4n) is 2.26. The van der Waals surface area contributed by atoms with Crippen LogP contribution in [0.25, 0.3) is 11.0 Å². The lowest BCUT2D eigenvalue weighted by molar-refractivity contribution is 0.0766. The Balaban J connectivity index is 2.01. The van der Waals surface area contributed by atoms with Crippen LogP contribution in [0.1, 0.15) is 16.8 Å². The van der Waals surface area contributed by atoms with Gasteiger partial charge in [-0.1, -0.05) is 6.07 Å². The lowest BCUT2D eigenvalue weighted by Gasteiger charge is -2.16. The molecular weight excluding hydrogens is 230 g/mol. The SMILES string of the molecule is O=C(c1cccc2nccnc12)N1CC[C@@H](O)C1. The number of likely N-dealkylation sites (tertiary alicyclic amines) is 1. The number of amides is 1. The number of aromatic nitrogens is 2. The molecular formula is C13H13N3O2. The molecule has 2 aromatic rings. The number of rotatable bonds is 1. The number of hydrogen-bond acceptors (Lipinski definition) is 4. The van der Waals surface area contributed by atoms with Crippen LogP contribution in [-0.2, 0) is 0 Å². The highest BCUT2D eigenvalue weighted by Gasteiger charge is 2.26. The van der Waals surface area contributed by atoms with E-state index in [1.807, 2.05) is 6.07 Å². The molecule has 1 saturated heterocycles. The van der Waals surface area contributed by atoms with Crippen LogP contribution >= 0.6 is 0 Å². The molecule has 0 saturated carbocycles. The second-order valence-electron chi connectivity index (χ2n) is 4.42. The van der Waals surface area contributed by atoms with E-state index in [0.29, 0.717) is 36.1 Å². The van der Waals surface area contributed by atoms with Crippen LogP contribution in [0.5, 0.6) is 0 Å². The molecule has 1 fully saturated rings. The summed E-state index contributed by atoms with van der Waals surface area (Å²) in [6.07, 6.45) is 3.42. The Morgan fingerprint density at radius 3 is 2.94 bits per heavy atom. The lowest BCUT2D eigenvalue weighted by atomic mass is 10.1. The van der Waals surface area contributed by atoms with Gasteiger partial charge in [-0.2, -0.15) is 0 Å². The van der Waals surface area contributed by atoms with Gasteiger partial charge in [-0.25, -0.2) is 0 Å². The van der Waals surface area contributed by atoms with Crippen molar-refractivity contribution >= 4 is 16.9 Å². The summed E-state index contributed by atoms with van der Waals surface area (Å²) in [7, 11) is 0. The second kappa shape index (κ2) is 4.34. The zero-order valence-corrected chi connectivity index (χ0v) is 9.78. The smallest absolute Gasteiger partial charge is 0.256 e. The molecule has 92 valence electrons. The van der Waals surface area contributed by atoms with Gasteiger partial charge in [0, 0.05) is 25.5 Å². The van der Waals surface area contributed by atoms with Crippen molar-refractivity contribution in [2.75, 3.05) is 13.1 Å². The molecule has 0 bridgehead atoms. The molecule has 1 atom stereocenters. The molecule has 1 N–H and O–H groups in total. The van der Waals surface area contributed by atoms with Gasteiger partial charge < -0.3 is 10.0 Å². The first-order chi connectivity index (χ1) is 8.75. The van der Waals surface area contributed by atoms with Gasteiger partial charge in [-0.3, -0.25) is 14.8 Å². The standard InChI is InChI=1S/C13H13N3O2/c17-9-4-7-16(8-9)13(18)10-2-1-3-11-12(10)15-6-5-14-11/h1-3,5-6,9,17H,4,7-8H2/t9-/m1/s1. The quantitative estimate of drug-likeness (QED) is 0.806. The van der Waals surface area contributed by atoms with Crippen LogP contribution in [0, 0.1) is 0 Å². The molecule has 0 radical (unpaired) electrons. The van der Waals surface area contributed by atoms with Crippen molar-refractivity contribution in [3.63, 3.8) is 0 Å². The van der Waals surface area contributed by atoms with Gasteiger partial charge in [-0.05, 0) is 18.6 Å². The number of hydrogen-bond donors (Lipinski definition) is 1. The van der Waals surface area contributed by atoms with Crippen molar-refractivity contribution in [2.24, 2.45) is 0 Å². The van der Waals surface area contributed by atoms with Crippen molar-refractivity contribution in [1.29, 1.82) is 0 Å². The molecule has 0 spiro atoms. The van der Waals surface area contributed by atoms with E-state index >= 15 is 0 Å². The number of carbonyl (C=O) groups is 1. The normalized spacial score (nSPS) is 19.4. The number of β-amino-alcohol motifs (C(OH)–C–C–N with tert-alkyl or cyclic N) is 1. The Bertz CT molecular complexity index is 594. The molecule has 5 nitrogen and oxygen atoms in total. The maximum absolute atomic E-state index is 12.4. The van der Waals surface area contributed by atoms with Gasteiger partial charge in [0.25, 0.3) is 5.91 Å². The van der Waals surface area contributed by atoms with Gasteiger partial charge >= 0.3 is 0 Å². The zero-order chi connectivity index (χ0) is 12.5. The fourth-order valence-corrected chi connectivity index (χ4v) is 2.26. The maximum atomic E-state index is 12.4. The fraction of sp³-hybridized carbons (Fsp3) is 0.308.